The number of anilines is 1. The van der Waals surface area contributed by atoms with Crippen LogP contribution in [0.1, 0.15) is 15.9 Å². The first-order chi connectivity index (χ1) is 15.3. The van der Waals surface area contributed by atoms with Gasteiger partial charge in [0.05, 0.1) is 36.1 Å². The Morgan fingerprint density at radius 2 is 1.97 bits per heavy atom. The molecule has 1 aromatic heterocycles. The van der Waals surface area contributed by atoms with Gasteiger partial charge in [0.25, 0.3) is 5.91 Å². The normalized spacial score (nSPS) is 14.7. The summed E-state index contributed by atoms with van der Waals surface area (Å²) in [5.74, 6) is 0.119. The molecule has 1 amide bonds. The lowest BCUT2D eigenvalue weighted by Gasteiger charge is -2.29. The van der Waals surface area contributed by atoms with Gasteiger partial charge in [-0.25, -0.2) is 4.98 Å². The van der Waals surface area contributed by atoms with E-state index in [1.165, 1.54) is 28.4 Å². The Hall–Kier alpha value is -2.40. The maximum absolute atomic E-state index is 13.4. The van der Waals surface area contributed by atoms with E-state index in [-0.39, 0.29) is 18.0 Å². The maximum atomic E-state index is 13.4. The molecule has 0 bridgehead atoms. The van der Waals surface area contributed by atoms with Gasteiger partial charge >= 0.3 is 6.18 Å². The van der Waals surface area contributed by atoms with E-state index in [1.54, 1.807) is 19.2 Å². The van der Waals surface area contributed by atoms with Crippen LogP contribution < -0.4 is 9.64 Å². The van der Waals surface area contributed by atoms with Crippen LogP contribution in [0, 0.1) is 0 Å². The topological polar surface area (TPSA) is 54.9 Å². The van der Waals surface area contributed by atoms with Crippen LogP contribution in [-0.2, 0) is 10.9 Å². The third-order valence-electron chi connectivity index (χ3n) is 5.24. The summed E-state index contributed by atoms with van der Waals surface area (Å²) in [7, 11) is 1.56. The second kappa shape index (κ2) is 10.7. The summed E-state index contributed by atoms with van der Waals surface area (Å²) >= 11 is 1.32. The molecule has 4 rings (SSSR count). The number of carbonyl (C=O) groups excluding carboxylic acids is 1. The van der Waals surface area contributed by atoms with Gasteiger partial charge in [-0.3, -0.25) is 14.6 Å². The van der Waals surface area contributed by atoms with Gasteiger partial charge in [-0.1, -0.05) is 17.4 Å². The molecule has 0 aliphatic carbocycles. The van der Waals surface area contributed by atoms with Crippen LogP contribution in [0.2, 0.25) is 0 Å². The van der Waals surface area contributed by atoms with E-state index in [0.29, 0.717) is 42.7 Å². The number of hydrogen-bond acceptors (Lipinski definition) is 6. The predicted octanol–water partition coefficient (Wildman–Crippen LogP) is 4.72. The van der Waals surface area contributed by atoms with E-state index in [2.05, 4.69) is 9.88 Å². The van der Waals surface area contributed by atoms with Crippen molar-refractivity contribution < 1.29 is 27.4 Å². The Morgan fingerprint density at radius 1 is 1.21 bits per heavy atom. The van der Waals surface area contributed by atoms with E-state index < -0.39 is 17.6 Å². The Kier molecular flexibility index (Phi) is 8.17. The molecule has 1 fully saturated rings. The highest BCUT2D eigenvalue weighted by Crippen LogP contribution is 2.33. The minimum Gasteiger partial charge on any atom is -0.497 e. The average Bonchev–Trinajstić information content (AvgIpc) is 3.22. The molecule has 0 radical (unpaired) electrons. The number of hydrogen-bond donors (Lipinski definition) is 0. The van der Waals surface area contributed by atoms with Crippen LogP contribution >= 0.6 is 23.7 Å². The predicted molar refractivity (Wildman–Crippen MR) is 124 cm³/mol. The largest absolute Gasteiger partial charge is 0.497 e. The number of halogens is 4. The number of benzene rings is 2. The Morgan fingerprint density at radius 3 is 2.67 bits per heavy atom. The molecule has 6 nitrogen and oxygen atoms in total. The van der Waals surface area contributed by atoms with Gasteiger partial charge in [0.1, 0.15) is 5.75 Å². The van der Waals surface area contributed by atoms with E-state index >= 15 is 0 Å². The number of rotatable bonds is 6. The Balaban J connectivity index is 0.00000306. The number of nitrogens with zero attached hydrogens (tertiary/aromatic N) is 3. The van der Waals surface area contributed by atoms with Crippen molar-refractivity contribution in [2.24, 2.45) is 0 Å². The van der Waals surface area contributed by atoms with E-state index in [0.717, 1.165) is 29.9 Å². The monoisotopic (exact) mass is 501 g/mol. The first-order valence-electron chi connectivity index (χ1n) is 10.1. The fraction of sp³-hybridized carbons (Fsp3) is 0.364. The SMILES string of the molecule is COc1ccc2sc(N(CCN3CCOCC3)C(=O)c3cccc(C(F)(F)F)c3)nc2c1.Cl. The molecule has 33 heavy (non-hydrogen) atoms. The minimum absolute atomic E-state index is 0. The van der Waals surface area contributed by atoms with Crippen molar-refractivity contribution in [3.63, 3.8) is 0 Å². The number of amides is 1. The lowest BCUT2D eigenvalue weighted by molar-refractivity contribution is -0.137. The molecule has 0 N–H and O–H groups in total. The highest BCUT2D eigenvalue weighted by molar-refractivity contribution is 7.22. The first-order valence-corrected chi connectivity index (χ1v) is 10.9. The van der Waals surface area contributed by atoms with Gasteiger partial charge in [0, 0.05) is 37.8 Å². The summed E-state index contributed by atoms with van der Waals surface area (Å²) < 4.78 is 51.0. The van der Waals surface area contributed by atoms with Gasteiger partial charge in [-0.2, -0.15) is 13.2 Å². The Bertz CT molecular complexity index is 1100. The van der Waals surface area contributed by atoms with Crippen LogP contribution in [0.4, 0.5) is 18.3 Å². The third kappa shape index (κ3) is 5.94. The fourth-order valence-corrected chi connectivity index (χ4v) is 4.44. The minimum atomic E-state index is -4.53. The highest BCUT2D eigenvalue weighted by Gasteiger charge is 2.32. The smallest absolute Gasteiger partial charge is 0.416 e. The number of methoxy groups -OCH3 is 1. The molecule has 1 saturated heterocycles. The summed E-state index contributed by atoms with van der Waals surface area (Å²) in [5, 5.41) is 0.434. The molecule has 0 unspecified atom stereocenters. The second-order valence-corrected chi connectivity index (χ2v) is 8.33. The van der Waals surface area contributed by atoms with Gasteiger partial charge < -0.3 is 9.47 Å². The lowest BCUT2D eigenvalue weighted by Crippen LogP contribution is -2.43. The summed E-state index contributed by atoms with van der Waals surface area (Å²) in [4.78, 5) is 21.6. The second-order valence-electron chi connectivity index (χ2n) is 7.32. The van der Waals surface area contributed by atoms with Crippen molar-refractivity contribution in [2.45, 2.75) is 6.18 Å². The Labute approximate surface area is 199 Å². The summed E-state index contributed by atoms with van der Waals surface area (Å²) in [6.07, 6.45) is -4.53. The molecule has 0 atom stereocenters. The van der Waals surface area contributed by atoms with Crippen molar-refractivity contribution in [3.05, 3.63) is 53.6 Å². The molecular formula is C22H23ClF3N3O3S. The quantitative estimate of drug-likeness (QED) is 0.489. The molecule has 2 aromatic carbocycles. The summed E-state index contributed by atoms with van der Waals surface area (Å²) in [6.45, 7) is 3.57. The van der Waals surface area contributed by atoms with Crippen molar-refractivity contribution in [2.75, 3.05) is 51.4 Å². The summed E-state index contributed by atoms with van der Waals surface area (Å²) in [6, 6.07) is 9.92. The molecule has 3 aromatic rings. The molecular weight excluding hydrogens is 479 g/mol. The van der Waals surface area contributed by atoms with E-state index in [4.69, 9.17) is 9.47 Å². The number of ether oxygens (including phenoxy) is 2. The van der Waals surface area contributed by atoms with Gasteiger partial charge in [0.2, 0.25) is 0 Å². The number of carbonyl (C=O) groups is 1. The van der Waals surface area contributed by atoms with Gasteiger partial charge in [0.15, 0.2) is 5.13 Å². The highest BCUT2D eigenvalue weighted by atomic mass is 35.5. The number of alkyl halides is 3. The number of aromatic nitrogens is 1. The van der Waals surface area contributed by atoms with Gasteiger partial charge in [-0.15, -0.1) is 12.4 Å². The van der Waals surface area contributed by atoms with Crippen LogP contribution in [0.3, 0.4) is 0 Å². The van der Waals surface area contributed by atoms with E-state index in [9.17, 15) is 18.0 Å². The fourth-order valence-electron chi connectivity index (χ4n) is 3.47. The van der Waals surface area contributed by atoms with Gasteiger partial charge in [-0.05, 0) is 30.3 Å². The zero-order valence-electron chi connectivity index (χ0n) is 17.8. The van der Waals surface area contributed by atoms with Crippen LogP contribution in [-0.4, -0.2) is 62.3 Å². The lowest BCUT2D eigenvalue weighted by atomic mass is 10.1. The average molecular weight is 502 g/mol. The molecule has 0 saturated carbocycles. The van der Waals surface area contributed by atoms with Crippen molar-refractivity contribution in [3.8, 4) is 5.75 Å². The molecule has 1 aliphatic heterocycles. The van der Waals surface area contributed by atoms with Crippen molar-refractivity contribution in [1.29, 1.82) is 0 Å². The zero-order valence-corrected chi connectivity index (χ0v) is 19.4. The van der Waals surface area contributed by atoms with Crippen molar-refractivity contribution >= 4 is 45.0 Å². The number of morpholine rings is 1. The maximum Gasteiger partial charge on any atom is 0.416 e. The first kappa shape index (κ1) is 25.2. The van der Waals surface area contributed by atoms with E-state index in [1.807, 2.05) is 6.07 Å². The number of thiazole rings is 1. The third-order valence-corrected chi connectivity index (χ3v) is 6.30. The van der Waals surface area contributed by atoms with Crippen LogP contribution in [0.15, 0.2) is 42.5 Å². The molecule has 178 valence electrons. The van der Waals surface area contributed by atoms with Crippen LogP contribution in [0.5, 0.6) is 5.75 Å². The van der Waals surface area contributed by atoms with Crippen molar-refractivity contribution in [1.82, 2.24) is 9.88 Å². The molecule has 1 aliphatic rings. The standard InChI is InChI=1S/C22H22F3N3O3S.ClH/c1-30-17-5-6-19-18(14-17)26-21(32-19)28(8-7-27-9-11-31-12-10-27)20(29)15-3-2-4-16(13-15)22(23,24)25;/h2-6,13-14H,7-12H2,1H3;1H. The number of fused-ring (bicyclic) bond motifs is 1. The molecule has 11 heteroatoms. The zero-order chi connectivity index (χ0) is 22.7. The molecule has 0 spiro atoms. The molecule has 2 heterocycles. The van der Waals surface area contributed by atoms with Crippen LogP contribution in [0.25, 0.3) is 10.2 Å². The summed E-state index contributed by atoms with van der Waals surface area (Å²) in [5.41, 5.74) is -0.221.